The van der Waals surface area contributed by atoms with E-state index in [2.05, 4.69) is 9.97 Å². The first-order chi connectivity index (χ1) is 14.2. The maximum absolute atomic E-state index is 13.1. The maximum Gasteiger partial charge on any atom is 0.433 e. The number of oxazole rings is 1. The minimum absolute atomic E-state index is 0.0120. The first kappa shape index (κ1) is 21.6. The molecule has 0 aliphatic rings. The van der Waals surface area contributed by atoms with Crippen molar-refractivity contribution in [1.29, 1.82) is 0 Å². The van der Waals surface area contributed by atoms with Crippen molar-refractivity contribution in [3.05, 3.63) is 41.4 Å². The third-order valence-electron chi connectivity index (χ3n) is 4.46. The molecule has 0 radical (unpaired) electrons. The van der Waals surface area contributed by atoms with Crippen LogP contribution in [0.2, 0.25) is 0 Å². The summed E-state index contributed by atoms with van der Waals surface area (Å²) in [5.74, 6) is -0.370. The number of hydrogen-bond acceptors (Lipinski definition) is 7. The summed E-state index contributed by atoms with van der Waals surface area (Å²) in [6.07, 6.45) is -4.14. The van der Waals surface area contributed by atoms with Gasteiger partial charge in [-0.2, -0.15) is 13.2 Å². The summed E-state index contributed by atoms with van der Waals surface area (Å²) in [6.45, 7) is 3.60. The standard InChI is InChI=1S/C20H20F3N3O4/c1-4-12(24)17-16(19(27)29-5-2)26-18(30-17)11-6-8-13(28-3)15-10(11)7-9-14(25-15)20(21,22)23/h6-9,12H,4-5,24H2,1-3H3/t12-/m0/s1. The molecule has 0 aliphatic carbocycles. The Balaban J connectivity index is 2.23. The zero-order valence-corrected chi connectivity index (χ0v) is 16.5. The van der Waals surface area contributed by atoms with Gasteiger partial charge >= 0.3 is 12.1 Å². The Morgan fingerprint density at radius 3 is 2.53 bits per heavy atom. The van der Waals surface area contributed by atoms with Crippen molar-refractivity contribution in [2.45, 2.75) is 32.5 Å². The highest BCUT2D eigenvalue weighted by Crippen LogP contribution is 2.37. The first-order valence-electron chi connectivity index (χ1n) is 9.19. The third kappa shape index (κ3) is 3.95. The molecule has 1 aromatic carbocycles. The predicted molar refractivity (Wildman–Crippen MR) is 102 cm³/mol. The van der Waals surface area contributed by atoms with Gasteiger partial charge in [0, 0.05) is 10.9 Å². The Hall–Kier alpha value is -3.14. The number of carbonyl (C=O) groups excluding carboxylic acids is 1. The number of fused-ring (bicyclic) bond motifs is 1. The van der Waals surface area contributed by atoms with Gasteiger partial charge in [-0.1, -0.05) is 6.92 Å². The molecule has 0 saturated heterocycles. The molecule has 1 atom stereocenters. The number of nitrogens with zero attached hydrogens (tertiary/aromatic N) is 2. The van der Waals surface area contributed by atoms with Gasteiger partial charge in [-0.05, 0) is 37.6 Å². The van der Waals surface area contributed by atoms with Crippen LogP contribution in [-0.4, -0.2) is 29.7 Å². The number of benzene rings is 1. The molecule has 2 N–H and O–H groups in total. The molecule has 3 rings (SSSR count). The number of alkyl halides is 3. The number of esters is 1. The lowest BCUT2D eigenvalue weighted by Crippen LogP contribution is -2.14. The van der Waals surface area contributed by atoms with Crippen LogP contribution in [0.5, 0.6) is 5.75 Å². The Kier molecular flexibility index (Phi) is 5.97. The molecule has 0 bridgehead atoms. The van der Waals surface area contributed by atoms with E-state index in [9.17, 15) is 18.0 Å². The Morgan fingerprint density at radius 1 is 1.20 bits per heavy atom. The number of carbonyl (C=O) groups is 1. The summed E-state index contributed by atoms with van der Waals surface area (Å²) < 4.78 is 55.3. The minimum Gasteiger partial charge on any atom is -0.494 e. The molecule has 160 valence electrons. The quantitative estimate of drug-likeness (QED) is 0.583. The molecule has 0 amide bonds. The van der Waals surface area contributed by atoms with E-state index in [1.54, 1.807) is 13.0 Å². The smallest absolute Gasteiger partial charge is 0.433 e. The highest BCUT2D eigenvalue weighted by Gasteiger charge is 2.33. The lowest BCUT2D eigenvalue weighted by atomic mass is 10.1. The fraction of sp³-hybridized carbons (Fsp3) is 0.350. The minimum atomic E-state index is -4.61. The number of rotatable bonds is 6. The summed E-state index contributed by atoms with van der Waals surface area (Å²) in [4.78, 5) is 20.2. The van der Waals surface area contributed by atoms with Crippen LogP contribution < -0.4 is 10.5 Å². The topological polar surface area (TPSA) is 100 Å². The van der Waals surface area contributed by atoms with Crippen molar-refractivity contribution in [2.24, 2.45) is 5.73 Å². The van der Waals surface area contributed by atoms with Crippen molar-refractivity contribution in [2.75, 3.05) is 13.7 Å². The van der Waals surface area contributed by atoms with Gasteiger partial charge in [-0.3, -0.25) is 0 Å². The van der Waals surface area contributed by atoms with Crippen LogP contribution in [0.25, 0.3) is 22.4 Å². The average molecular weight is 423 g/mol. The second-order valence-electron chi connectivity index (χ2n) is 6.37. The van der Waals surface area contributed by atoms with E-state index in [0.717, 1.165) is 6.07 Å². The van der Waals surface area contributed by atoms with Crippen LogP contribution in [0.3, 0.4) is 0 Å². The molecule has 2 aromatic heterocycles. The predicted octanol–water partition coefficient (Wildman–Crippen LogP) is 4.50. The Morgan fingerprint density at radius 2 is 1.93 bits per heavy atom. The van der Waals surface area contributed by atoms with E-state index in [4.69, 9.17) is 19.6 Å². The fourth-order valence-electron chi connectivity index (χ4n) is 2.93. The SMILES string of the molecule is CCOC(=O)c1nc(-c2ccc(OC)c3nc(C(F)(F)F)ccc23)oc1[C@@H](N)CC. The van der Waals surface area contributed by atoms with Gasteiger partial charge in [0.2, 0.25) is 5.89 Å². The molecular weight excluding hydrogens is 403 g/mol. The van der Waals surface area contributed by atoms with Gasteiger partial charge in [-0.25, -0.2) is 14.8 Å². The second-order valence-corrected chi connectivity index (χ2v) is 6.37. The van der Waals surface area contributed by atoms with Crippen molar-refractivity contribution in [3.63, 3.8) is 0 Å². The molecule has 10 heteroatoms. The summed E-state index contributed by atoms with van der Waals surface area (Å²) in [5, 5.41) is 0.315. The summed E-state index contributed by atoms with van der Waals surface area (Å²) in [7, 11) is 1.33. The van der Waals surface area contributed by atoms with Crippen molar-refractivity contribution in [1.82, 2.24) is 9.97 Å². The number of ether oxygens (including phenoxy) is 2. The van der Waals surface area contributed by atoms with Gasteiger partial charge in [-0.15, -0.1) is 0 Å². The van der Waals surface area contributed by atoms with E-state index in [-0.39, 0.29) is 35.2 Å². The molecule has 7 nitrogen and oxygen atoms in total. The number of halogens is 3. The molecule has 2 heterocycles. The Bertz CT molecular complexity index is 1080. The number of pyridine rings is 1. The normalized spacial score (nSPS) is 12.8. The molecule has 0 unspecified atom stereocenters. The van der Waals surface area contributed by atoms with Gasteiger partial charge in [0.05, 0.1) is 19.8 Å². The highest BCUT2D eigenvalue weighted by molar-refractivity contribution is 5.97. The maximum atomic E-state index is 13.1. The van der Waals surface area contributed by atoms with E-state index in [0.29, 0.717) is 17.4 Å². The molecule has 0 spiro atoms. The molecule has 0 fully saturated rings. The van der Waals surface area contributed by atoms with Crippen molar-refractivity contribution >= 4 is 16.9 Å². The zero-order chi connectivity index (χ0) is 22.1. The molecule has 3 aromatic rings. The summed E-state index contributed by atoms with van der Waals surface area (Å²) in [6, 6.07) is 4.54. The van der Waals surface area contributed by atoms with Crippen LogP contribution >= 0.6 is 0 Å². The van der Waals surface area contributed by atoms with E-state index < -0.39 is 23.9 Å². The van der Waals surface area contributed by atoms with Gasteiger partial charge in [0.25, 0.3) is 0 Å². The van der Waals surface area contributed by atoms with Crippen LogP contribution in [-0.2, 0) is 10.9 Å². The van der Waals surface area contributed by atoms with Crippen LogP contribution in [0, 0.1) is 0 Å². The highest BCUT2D eigenvalue weighted by atomic mass is 19.4. The first-order valence-corrected chi connectivity index (χ1v) is 9.19. The van der Waals surface area contributed by atoms with Crippen molar-refractivity contribution in [3.8, 4) is 17.2 Å². The molecule has 0 aliphatic heterocycles. The average Bonchev–Trinajstić information content (AvgIpc) is 3.16. The van der Waals surface area contributed by atoms with E-state index in [1.165, 1.54) is 19.2 Å². The van der Waals surface area contributed by atoms with E-state index >= 15 is 0 Å². The third-order valence-corrected chi connectivity index (χ3v) is 4.46. The molecule has 30 heavy (non-hydrogen) atoms. The summed E-state index contributed by atoms with van der Waals surface area (Å²) >= 11 is 0. The number of hydrogen-bond donors (Lipinski definition) is 1. The lowest BCUT2D eigenvalue weighted by Gasteiger charge is -2.11. The molecular formula is C20H20F3N3O4. The number of methoxy groups -OCH3 is 1. The van der Waals surface area contributed by atoms with Gasteiger partial charge in [0.15, 0.2) is 11.5 Å². The monoisotopic (exact) mass is 423 g/mol. The van der Waals surface area contributed by atoms with Crippen LogP contribution in [0.1, 0.15) is 48.3 Å². The zero-order valence-electron chi connectivity index (χ0n) is 16.5. The van der Waals surface area contributed by atoms with Gasteiger partial charge in [0.1, 0.15) is 17.0 Å². The van der Waals surface area contributed by atoms with Crippen molar-refractivity contribution < 1.29 is 31.9 Å². The van der Waals surface area contributed by atoms with Crippen LogP contribution in [0.15, 0.2) is 28.7 Å². The van der Waals surface area contributed by atoms with E-state index in [1.807, 2.05) is 6.92 Å². The second kappa shape index (κ2) is 8.31. The molecule has 0 saturated carbocycles. The summed E-state index contributed by atoms with van der Waals surface area (Å²) in [5.41, 5.74) is 5.25. The number of nitrogens with two attached hydrogens (primary N) is 1. The number of aromatic nitrogens is 2. The van der Waals surface area contributed by atoms with Gasteiger partial charge < -0.3 is 19.6 Å². The largest absolute Gasteiger partial charge is 0.494 e. The fourth-order valence-corrected chi connectivity index (χ4v) is 2.93. The lowest BCUT2D eigenvalue weighted by molar-refractivity contribution is -0.140. The Labute approximate surface area is 170 Å². The van der Waals surface area contributed by atoms with Crippen LogP contribution in [0.4, 0.5) is 13.2 Å².